The molecule has 0 unspecified atom stereocenters. The van der Waals surface area contributed by atoms with E-state index in [1.54, 1.807) is 31.2 Å². The van der Waals surface area contributed by atoms with E-state index in [9.17, 15) is 13.2 Å². The van der Waals surface area contributed by atoms with Crippen LogP contribution in [0.3, 0.4) is 0 Å². The summed E-state index contributed by atoms with van der Waals surface area (Å²) in [5, 5.41) is 0. The van der Waals surface area contributed by atoms with Gasteiger partial charge in [0.1, 0.15) is 0 Å². The standard InChI is InChI=1S/C19H23N3O3S/c1-16(23)21-11-13-22(14-12-21)19-9-7-18(8-10-19)20-26(24,25)15-17-5-3-2-4-6-17/h2-10,20H,11-15H2,1H3. The van der Waals surface area contributed by atoms with E-state index in [4.69, 9.17) is 0 Å². The SMILES string of the molecule is CC(=O)N1CCN(c2ccc(NS(=O)(=O)Cc3ccccc3)cc2)CC1. The topological polar surface area (TPSA) is 69.7 Å². The summed E-state index contributed by atoms with van der Waals surface area (Å²) in [5.41, 5.74) is 2.33. The molecular weight excluding hydrogens is 350 g/mol. The first-order chi connectivity index (χ1) is 12.4. The third kappa shape index (κ3) is 4.76. The Hall–Kier alpha value is -2.54. The third-order valence-electron chi connectivity index (χ3n) is 4.43. The largest absolute Gasteiger partial charge is 0.368 e. The second-order valence-corrected chi connectivity index (χ2v) is 8.11. The summed E-state index contributed by atoms with van der Waals surface area (Å²) in [6.45, 7) is 4.56. The maximum Gasteiger partial charge on any atom is 0.236 e. The van der Waals surface area contributed by atoms with Crippen LogP contribution in [0.15, 0.2) is 54.6 Å². The van der Waals surface area contributed by atoms with E-state index in [1.165, 1.54) is 0 Å². The fourth-order valence-electron chi connectivity index (χ4n) is 3.03. The lowest BCUT2D eigenvalue weighted by Gasteiger charge is -2.35. The summed E-state index contributed by atoms with van der Waals surface area (Å²) in [6.07, 6.45) is 0. The highest BCUT2D eigenvalue weighted by Gasteiger charge is 2.19. The molecule has 26 heavy (non-hydrogen) atoms. The predicted octanol–water partition coefficient (Wildman–Crippen LogP) is 2.30. The zero-order valence-corrected chi connectivity index (χ0v) is 15.6. The molecule has 3 rings (SSSR count). The summed E-state index contributed by atoms with van der Waals surface area (Å²) < 4.78 is 27.2. The molecule has 2 aromatic rings. The number of amides is 1. The molecule has 1 N–H and O–H groups in total. The summed E-state index contributed by atoms with van der Waals surface area (Å²) >= 11 is 0. The molecule has 1 aliphatic rings. The van der Waals surface area contributed by atoms with Gasteiger partial charge in [-0.05, 0) is 29.8 Å². The van der Waals surface area contributed by atoms with Crippen molar-refractivity contribution in [3.05, 3.63) is 60.2 Å². The molecule has 0 aromatic heterocycles. The Kier molecular flexibility index (Phi) is 5.46. The third-order valence-corrected chi connectivity index (χ3v) is 5.69. The number of nitrogens with zero attached hydrogens (tertiary/aromatic N) is 2. The molecule has 1 aliphatic heterocycles. The molecule has 1 saturated heterocycles. The van der Waals surface area contributed by atoms with Crippen LogP contribution < -0.4 is 9.62 Å². The van der Waals surface area contributed by atoms with Crippen LogP contribution in [0.5, 0.6) is 0 Å². The Morgan fingerprint density at radius 1 is 0.962 bits per heavy atom. The van der Waals surface area contributed by atoms with Crippen LogP contribution >= 0.6 is 0 Å². The van der Waals surface area contributed by atoms with E-state index in [1.807, 2.05) is 35.2 Å². The van der Waals surface area contributed by atoms with E-state index >= 15 is 0 Å². The zero-order valence-electron chi connectivity index (χ0n) is 14.8. The second kappa shape index (κ2) is 7.78. The molecule has 7 heteroatoms. The van der Waals surface area contributed by atoms with Crippen molar-refractivity contribution >= 4 is 27.3 Å². The van der Waals surface area contributed by atoms with Gasteiger partial charge < -0.3 is 9.80 Å². The average Bonchev–Trinajstić information content (AvgIpc) is 2.62. The number of anilines is 2. The number of carbonyl (C=O) groups excluding carboxylic acids is 1. The Morgan fingerprint density at radius 2 is 1.58 bits per heavy atom. The first-order valence-corrected chi connectivity index (χ1v) is 10.2. The van der Waals surface area contributed by atoms with Gasteiger partial charge in [-0.3, -0.25) is 9.52 Å². The molecule has 138 valence electrons. The van der Waals surface area contributed by atoms with Crippen LogP contribution in [0.1, 0.15) is 12.5 Å². The van der Waals surface area contributed by atoms with Gasteiger partial charge in [0.05, 0.1) is 5.75 Å². The molecular formula is C19H23N3O3S. The van der Waals surface area contributed by atoms with Crippen LogP contribution in [0.25, 0.3) is 0 Å². The van der Waals surface area contributed by atoms with Crippen molar-refractivity contribution in [3.8, 4) is 0 Å². The van der Waals surface area contributed by atoms with Gasteiger partial charge in [0, 0.05) is 44.5 Å². The van der Waals surface area contributed by atoms with Gasteiger partial charge in [0.2, 0.25) is 15.9 Å². The van der Waals surface area contributed by atoms with E-state index in [0.29, 0.717) is 18.8 Å². The molecule has 1 heterocycles. The van der Waals surface area contributed by atoms with E-state index in [-0.39, 0.29) is 11.7 Å². The minimum Gasteiger partial charge on any atom is -0.368 e. The maximum atomic E-state index is 12.3. The van der Waals surface area contributed by atoms with Crippen molar-refractivity contribution in [3.63, 3.8) is 0 Å². The molecule has 0 bridgehead atoms. The number of hydrogen-bond donors (Lipinski definition) is 1. The molecule has 6 nitrogen and oxygen atoms in total. The molecule has 1 amide bonds. The summed E-state index contributed by atoms with van der Waals surface area (Å²) in [5.74, 6) is 0.0515. The molecule has 2 aromatic carbocycles. The number of hydrogen-bond acceptors (Lipinski definition) is 4. The highest BCUT2D eigenvalue weighted by Crippen LogP contribution is 2.21. The van der Waals surface area contributed by atoms with Gasteiger partial charge >= 0.3 is 0 Å². The number of sulfonamides is 1. The second-order valence-electron chi connectivity index (χ2n) is 6.39. The summed E-state index contributed by atoms with van der Waals surface area (Å²) in [6, 6.07) is 16.5. The quantitative estimate of drug-likeness (QED) is 0.873. The van der Waals surface area contributed by atoms with Gasteiger partial charge in [-0.2, -0.15) is 0 Å². The van der Waals surface area contributed by atoms with E-state index in [0.717, 1.165) is 24.3 Å². The minimum atomic E-state index is -3.45. The molecule has 1 fully saturated rings. The lowest BCUT2D eigenvalue weighted by molar-refractivity contribution is -0.129. The van der Waals surface area contributed by atoms with Gasteiger partial charge in [-0.15, -0.1) is 0 Å². The van der Waals surface area contributed by atoms with Gasteiger partial charge in [0.25, 0.3) is 0 Å². The Labute approximate surface area is 154 Å². The highest BCUT2D eigenvalue weighted by atomic mass is 32.2. The number of rotatable bonds is 5. The highest BCUT2D eigenvalue weighted by molar-refractivity contribution is 7.91. The van der Waals surface area contributed by atoms with Crippen molar-refractivity contribution in [1.82, 2.24) is 4.90 Å². The van der Waals surface area contributed by atoms with Crippen molar-refractivity contribution in [2.75, 3.05) is 35.8 Å². The van der Waals surface area contributed by atoms with Crippen LogP contribution in [0.4, 0.5) is 11.4 Å². The van der Waals surface area contributed by atoms with E-state index < -0.39 is 10.0 Å². The zero-order chi connectivity index (χ0) is 18.6. The van der Waals surface area contributed by atoms with Gasteiger partial charge in [-0.1, -0.05) is 30.3 Å². The molecule has 0 saturated carbocycles. The molecule has 0 aliphatic carbocycles. The van der Waals surface area contributed by atoms with Crippen LogP contribution in [0, 0.1) is 0 Å². The van der Waals surface area contributed by atoms with Crippen molar-refractivity contribution < 1.29 is 13.2 Å². The van der Waals surface area contributed by atoms with E-state index in [2.05, 4.69) is 9.62 Å². The first-order valence-electron chi connectivity index (χ1n) is 8.58. The first kappa shape index (κ1) is 18.3. The van der Waals surface area contributed by atoms with Gasteiger partial charge in [0.15, 0.2) is 0 Å². The number of nitrogens with one attached hydrogen (secondary N) is 1. The fraction of sp³-hybridized carbons (Fsp3) is 0.316. The van der Waals surface area contributed by atoms with Crippen molar-refractivity contribution in [2.24, 2.45) is 0 Å². The van der Waals surface area contributed by atoms with Crippen LogP contribution in [-0.4, -0.2) is 45.4 Å². The fourth-order valence-corrected chi connectivity index (χ4v) is 4.23. The average molecular weight is 373 g/mol. The molecule has 0 atom stereocenters. The van der Waals surface area contributed by atoms with Crippen molar-refractivity contribution in [1.29, 1.82) is 0 Å². The number of carbonyl (C=O) groups is 1. The van der Waals surface area contributed by atoms with Gasteiger partial charge in [-0.25, -0.2) is 8.42 Å². The molecule has 0 radical (unpaired) electrons. The lowest BCUT2D eigenvalue weighted by atomic mass is 10.2. The Balaban J connectivity index is 1.60. The predicted molar refractivity (Wildman–Crippen MR) is 104 cm³/mol. The Morgan fingerprint density at radius 3 is 2.15 bits per heavy atom. The number of benzene rings is 2. The summed E-state index contributed by atoms with van der Waals surface area (Å²) in [4.78, 5) is 15.4. The van der Waals surface area contributed by atoms with Crippen LogP contribution in [-0.2, 0) is 20.6 Å². The number of piperazine rings is 1. The van der Waals surface area contributed by atoms with Crippen molar-refractivity contribution in [2.45, 2.75) is 12.7 Å². The maximum absolute atomic E-state index is 12.3. The monoisotopic (exact) mass is 373 g/mol. The molecule has 0 spiro atoms. The minimum absolute atomic E-state index is 0.0530. The Bertz CT molecular complexity index is 843. The lowest BCUT2D eigenvalue weighted by Crippen LogP contribution is -2.48. The smallest absolute Gasteiger partial charge is 0.236 e. The van der Waals surface area contributed by atoms with Crippen LogP contribution in [0.2, 0.25) is 0 Å². The summed E-state index contributed by atoms with van der Waals surface area (Å²) in [7, 11) is -3.45. The normalized spacial score (nSPS) is 15.0.